The second kappa shape index (κ2) is 6.38. The van der Waals surface area contributed by atoms with Crippen molar-refractivity contribution >= 4 is 11.6 Å². The highest BCUT2D eigenvalue weighted by Crippen LogP contribution is 2.68. The van der Waals surface area contributed by atoms with Crippen LogP contribution in [0.5, 0.6) is 0 Å². The van der Waals surface area contributed by atoms with Crippen molar-refractivity contribution in [2.75, 3.05) is 13.6 Å². The van der Waals surface area contributed by atoms with E-state index in [1.165, 1.54) is 0 Å². The van der Waals surface area contributed by atoms with Crippen LogP contribution in [0.15, 0.2) is 23.4 Å². The molecule has 0 amide bonds. The Labute approximate surface area is 122 Å². The number of allylic oxidation sites excluding steroid dienone is 3. The number of Topliss-reactive ketones (excluding diaryl/α,β-unsaturated/α-hetero) is 1. The van der Waals surface area contributed by atoms with E-state index in [1.807, 2.05) is 34.7 Å². The normalized spacial score (nSPS) is 28.8. The van der Waals surface area contributed by atoms with Crippen LogP contribution in [0.4, 0.5) is 0 Å². The molecule has 0 aromatic heterocycles. The molecule has 3 nitrogen and oxygen atoms in total. The SMILES string of the molecule is CC.CC.CC(=O)CC1=CC(=O)C=C2N(C)CC3CC123. The van der Waals surface area contributed by atoms with Crippen molar-refractivity contribution in [3.8, 4) is 0 Å². The van der Waals surface area contributed by atoms with Gasteiger partial charge in [-0.15, -0.1) is 0 Å². The molecule has 2 unspecified atom stereocenters. The first kappa shape index (κ1) is 16.7. The van der Waals surface area contributed by atoms with Crippen LogP contribution in [0, 0.1) is 11.3 Å². The molecule has 3 rings (SSSR count). The van der Waals surface area contributed by atoms with Gasteiger partial charge < -0.3 is 4.90 Å². The quantitative estimate of drug-likeness (QED) is 0.776. The Hall–Kier alpha value is -1.38. The number of likely N-dealkylation sites (tertiary alicyclic amines) is 1. The zero-order chi connectivity index (χ0) is 15.5. The maximum Gasteiger partial charge on any atom is 0.180 e. The van der Waals surface area contributed by atoms with Crippen LogP contribution in [0.3, 0.4) is 0 Å². The Morgan fingerprint density at radius 3 is 2.45 bits per heavy atom. The predicted octanol–water partition coefficient (Wildman–Crippen LogP) is 3.36. The molecule has 1 heterocycles. The molecule has 3 heteroatoms. The fourth-order valence-electron chi connectivity index (χ4n) is 3.38. The van der Waals surface area contributed by atoms with Gasteiger partial charge in [0.25, 0.3) is 0 Å². The van der Waals surface area contributed by atoms with Crippen LogP contribution < -0.4 is 0 Å². The number of hydrogen-bond acceptors (Lipinski definition) is 3. The lowest BCUT2D eigenvalue weighted by atomic mass is 9.83. The maximum absolute atomic E-state index is 11.6. The molecule has 3 aliphatic rings. The van der Waals surface area contributed by atoms with Gasteiger partial charge in [-0.2, -0.15) is 0 Å². The molecule has 0 aromatic carbocycles. The number of nitrogens with zero attached hydrogens (tertiary/aromatic N) is 1. The second-order valence-electron chi connectivity index (χ2n) is 5.23. The van der Waals surface area contributed by atoms with Gasteiger partial charge in [-0.3, -0.25) is 9.59 Å². The molecule has 0 aromatic rings. The average molecular weight is 277 g/mol. The molecule has 2 fully saturated rings. The average Bonchev–Trinajstić information content (AvgIpc) is 3.05. The number of piperidine rings is 1. The third kappa shape index (κ3) is 2.58. The van der Waals surface area contributed by atoms with Crippen LogP contribution in [0.2, 0.25) is 0 Å². The van der Waals surface area contributed by atoms with Crippen LogP contribution in [0.1, 0.15) is 47.5 Å². The number of carbonyl (C=O) groups excluding carboxylic acids is 2. The fourth-order valence-corrected chi connectivity index (χ4v) is 3.38. The zero-order valence-electron chi connectivity index (χ0n) is 13.6. The lowest BCUT2D eigenvalue weighted by Gasteiger charge is -2.27. The van der Waals surface area contributed by atoms with Gasteiger partial charge in [0.15, 0.2) is 5.78 Å². The van der Waals surface area contributed by atoms with E-state index in [-0.39, 0.29) is 17.0 Å². The van der Waals surface area contributed by atoms with Crippen molar-refractivity contribution in [3.05, 3.63) is 23.4 Å². The number of carbonyl (C=O) groups is 2. The molecular formula is C17H27NO2. The predicted molar refractivity (Wildman–Crippen MR) is 82.3 cm³/mol. The fraction of sp³-hybridized carbons (Fsp3) is 0.647. The summed E-state index contributed by atoms with van der Waals surface area (Å²) in [6.45, 7) is 10.6. The Bertz CT molecular complexity index is 462. The summed E-state index contributed by atoms with van der Waals surface area (Å²) in [6.07, 6.45) is 4.99. The third-order valence-electron chi connectivity index (χ3n) is 4.08. The number of hydrogen-bond donors (Lipinski definition) is 0. The monoisotopic (exact) mass is 277 g/mol. The van der Waals surface area contributed by atoms with Crippen LogP contribution in [-0.2, 0) is 9.59 Å². The Morgan fingerprint density at radius 2 is 1.90 bits per heavy atom. The summed E-state index contributed by atoms with van der Waals surface area (Å²) in [5, 5.41) is 0. The van der Waals surface area contributed by atoms with Crippen LogP contribution in [-0.4, -0.2) is 30.1 Å². The van der Waals surface area contributed by atoms with Crippen LogP contribution in [0.25, 0.3) is 0 Å². The molecule has 2 aliphatic carbocycles. The maximum atomic E-state index is 11.6. The topological polar surface area (TPSA) is 37.4 Å². The van der Waals surface area contributed by atoms with E-state index in [0.717, 1.165) is 24.2 Å². The Kier molecular flexibility index (Phi) is 5.32. The van der Waals surface area contributed by atoms with E-state index in [9.17, 15) is 9.59 Å². The van der Waals surface area contributed by atoms with Gasteiger partial charge in [-0.1, -0.05) is 27.7 Å². The first-order valence-corrected chi connectivity index (χ1v) is 7.72. The second-order valence-corrected chi connectivity index (χ2v) is 5.23. The molecule has 1 saturated heterocycles. The van der Waals surface area contributed by atoms with Crippen molar-refractivity contribution in [1.29, 1.82) is 0 Å². The molecule has 0 bridgehead atoms. The summed E-state index contributed by atoms with van der Waals surface area (Å²) < 4.78 is 0. The summed E-state index contributed by atoms with van der Waals surface area (Å²) in [4.78, 5) is 25.0. The molecule has 1 aliphatic heterocycles. The minimum atomic E-state index is 0.0382. The summed E-state index contributed by atoms with van der Waals surface area (Å²) in [5.41, 5.74) is 2.26. The molecule has 20 heavy (non-hydrogen) atoms. The molecule has 0 N–H and O–H groups in total. The highest BCUT2D eigenvalue weighted by molar-refractivity contribution is 6.03. The van der Waals surface area contributed by atoms with E-state index in [4.69, 9.17) is 0 Å². The molecule has 2 atom stereocenters. The smallest absolute Gasteiger partial charge is 0.180 e. The Balaban J connectivity index is 0.000000461. The largest absolute Gasteiger partial charge is 0.377 e. The van der Waals surface area contributed by atoms with Gasteiger partial charge in [-0.05, 0) is 30.9 Å². The van der Waals surface area contributed by atoms with Crippen molar-refractivity contribution < 1.29 is 9.59 Å². The van der Waals surface area contributed by atoms with Crippen LogP contribution >= 0.6 is 0 Å². The van der Waals surface area contributed by atoms with Crippen molar-refractivity contribution in [2.45, 2.75) is 47.5 Å². The highest BCUT2D eigenvalue weighted by atomic mass is 16.1. The summed E-state index contributed by atoms with van der Waals surface area (Å²) in [5.74, 6) is 0.814. The Morgan fingerprint density at radius 1 is 1.30 bits per heavy atom. The summed E-state index contributed by atoms with van der Waals surface area (Å²) in [7, 11) is 2.03. The van der Waals surface area contributed by atoms with E-state index in [1.54, 1.807) is 19.1 Å². The first-order chi connectivity index (χ1) is 9.54. The number of ketones is 2. The standard InChI is InChI=1S/C13H15NO2.2C2H6/c1-8(15)3-9-4-11(16)5-12-13(9)6-10(13)7-14(12)2;2*1-2/h4-5,10H,3,6-7H2,1-2H3;2*1-2H3. The molecule has 112 valence electrons. The van der Waals surface area contributed by atoms with E-state index in [2.05, 4.69) is 4.90 Å². The first-order valence-electron chi connectivity index (χ1n) is 7.72. The van der Waals surface area contributed by atoms with Gasteiger partial charge in [0.1, 0.15) is 5.78 Å². The summed E-state index contributed by atoms with van der Waals surface area (Å²) in [6, 6.07) is 0. The highest BCUT2D eigenvalue weighted by Gasteiger charge is 2.65. The van der Waals surface area contributed by atoms with Crippen molar-refractivity contribution in [3.63, 3.8) is 0 Å². The minimum Gasteiger partial charge on any atom is -0.377 e. The van der Waals surface area contributed by atoms with Crippen molar-refractivity contribution in [1.82, 2.24) is 4.90 Å². The van der Waals surface area contributed by atoms with Gasteiger partial charge in [-0.25, -0.2) is 0 Å². The van der Waals surface area contributed by atoms with Gasteiger partial charge in [0.05, 0.1) is 0 Å². The lowest BCUT2D eigenvalue weighted by molar-refractivity contribution is -0.116. The minimum absolute atomic E-state index is 0.0382. The molecule has 1 saturated carbocycles. The lowest BCUT2D eigenvalue weighted by Crippen LogP contribution is -2.24. The van der Waals surface area contributed by atoms with E-state index < -0.39 is 0 Å². The van der Waals surface area contributed by atoms with Gasteiger partial charge in [0.2, 0.25) is 0 Å². The van der Waals surface area contributed by atoms with Crippen molar-refractivity contribution in [2.24, 2.45) is 11.3 Å². The van der Waals surface area contributed by atoms with Gasteiger partial charge in [0, 0.05) is 37.2 Å². The third-order valence-corrected chi connectivity index (χ3v) is 4.08. The zero-order valence-corrected chi connectivity index (χ0v) is 13.6. The summed E-state index contributed by atoms with van der Waals surface area (Å²) >= 11 is 0. The van der Waals surface area contributed by atoms with Gasteiger partial charge >= 0.3 is 0 Å². The molecule has 0 radical (unpaired) electrons. The number of rotatable bonds is 2. The molecular weight excluding hydrogens is 250 g/mol. The molecule has 1 spiro atoms. The van der Waals surface area contributed by atoms with E-state index >= 15 is 0 Å². The van der Waals surface area contributed by atoms with E-state index in [0.29, 0.717) is 12.3 Å².